The molecule has 1 aromatic heterocycles. The van der Waals surface area contributed by atoms with E-state index < -0.39 is 0 Å². The van der Waals surface area contributed by atoms with E-state index in [0.717, 1.165) is 43.4 Å². The van der Waals surface area contributed by atoms with Crippen molar-refractivity contribution >= 4 is 12.2 Å². The van der Waals surface area contributed by atoms with Crippen LogP contribution in [0.2, 0.25) is 0 Å². The van der Waals surface area contributed by atoms with Crippen LogP contribution in [-0.2, 0) is 6.67 Å². The van der Waals surface area contributed by atoms with Gasteiger partial charge in [-0.3, -0.25) is 9.80 Å². The molecule has 1 saturated carbocycles. The standard InChI is InChI=1S/C24H29N5S/c1-19-25-28(24(30)29(19)22-12-13-22)18-26-14-16-27(17-15-26)23(20-8-4-2-5-9-20)21-10-6-3-7-11-21/h2-11,22-23H,12-18H2,1H3. The zero-order valence-corrected chi connectivity index (χ0v) is 18.3. The van der Waals surface area contributed by atoms with Crippen molar-refractivity contribution in [1.82, 2.24) is 24.1 Å². The molecular weight excluding hydrogens is 390 g/mol. The average molecular weight is 420 g/mol. The van der Waals surface area contributed by atoms with Gasteiger partial charge in [0.25, 0.3) is 0 Å². The molecule has 3 aromatic rings. The molecule has 2 aromatic carbocycles. The SMILES string of the molecule is Cc1nn(CN2CCN(C(c3ccccc3)c3ccccc3)CC2)c(=S)n1C1CC1. The summed E-state index contributed by atoms with van der Waals surface area (Å²) < 4.78 is 5.14. The highest BCUT2D eigenvalue weighted by Crippen LogP contribution is 2.36. The van der Waals surface area contributed by atoms with Crippen LogP contribution in [0.5, 0.6) is 0 Å². The van der Waals surface area contributed by atoms with Crippen LogP contribution in [0.4, 0.5) is 0 Å². The second-order valence-electron chi connectivity index (χ2n) is 8.45. The molecule has 5 rings (SSSR count). The first kappa shape index (κ1) is 19.7. The van der Waals surface area contributed by atoms with Gasteiger partial charge in [-0.2, -0.15) is 5.10 Å². The van der Waals surface area contributed by atoms with Crippen LogP contribution in [0.1, 0.15) is 41.9 Å². The number of nitrogens with zero attached hydrogens (tertiary/aromatic N) is 5. The molecular formula is C24H29N5S. The fourth-order valence-electron chi connectivity index (χ4n) is 4.61. The zero-order chi connectivity index (χ0) is 20.5. The summed E-state index contributed by atoms with van der Waals surface area (Å²) in [7, 11) is 0. The van der Waals surface area contributed by atoms with Crippen LogP contribution in [-0.4, -0.2) is 50.3 Å². The minimum absolute atomic E-state index is 0.299. The first-order chi connectivity index (χ1) is 14.7. The van der Waals surface area contributed by atoms with E-state index in [1.807, 2.05) is 4.68 Å². The van der Waals surface area contributed by atoms with E-state index in [1.54, 1.807) is 0 Å². The fraction of sp³-hybridized carbons (Fsp3) is 0.417. The molecule has 2 aliphatic rings. The molecule has 156 valence electrons. The van der Waals surface area contributed by atoms with Crippen molar-refractivity contribution in [2.75, 3.05) is 26.2 Å². The third-order valence-corrected chi connectivity index (χ3v) is 6.70. The van der Waals surface area contributed by atoms with Gasteiger partial charge < -0.3 is 4.57 Å². The second kappa shape index (κ2) is 8.46. The Labute approximate surface area is 183 Å². The summed E-state index contributed by atoms with van der Waals surface area (Å²) in [6, 6.07) is 22.6. The van der Waals surface area contributed by atoms with Gasteiger partial charge in [-0.25, -0.2) is 4.68 Å². The lowest BCUT2D eigenvalue weighted by Crippen LogP contribution is -2.48. The lowest BCUT2D eigenvalue weighted by atomic mass is 9.96. The maximum atomic E-state index is 5.72. The minimum atomic E-state index is 0.299. The molecule has 6 heteroatoms. The molecule has 2 fully saturated rings. The molecule has 0 spiro atoms. The van der Waals surface area contributed by atoms with Crippen molar-refractivity contribution < 1.29 is 0 Å². The average Bonchev–Trinajstić information content (AvgIpc) is 3.57. The van der Waals surface area contributed by atoms with E-state index in [-0.39, 0.29) is 0 Å². The number of hydrogen-bond donors (Lipinski definition) is 0. The van der Waals surface area contributed by atoms with Crippen LogP contribution in [0.15, 0.2) is 60.7 Å². The van der Waals surface area contributed by atoms with E-state index in [4.69, 9.17) is 17.3 Å². The Morgan fingerprint density at radius 1 is 0.900 bits per heavy atom. The van der Waals surface area contributed by atoms with Crippen molar-refractivity contribution in [1.29, 1.82) is 0 Å². The summed E-state index contributed by atoms with van der Waals surface area (Å²) >= 11 is 5.72. The van der Waals surface area contributed by atoms with Crippen LogP contribution < -0.4 is 0 Å². The number of rotatable bonds is 6. The molecule has 0 unspecified atom stereocenters. The highest BCUT2D eigenvalue weighted by Gasteiger charge is 2.29. The number of aromatic nitrogens is 3. The first-order valence-electron chi connectivity index (χ1n) is 10.9. The van der Waals surface area contributed by atoms with Crippen molar-refractivity contribution in [3.05, 3.63) is 82.4 Å². The maximum absolute atomic E-state index is 5.72. The van der Waals surface area contributed by atoms with Crippen LogP contribution in [0, 0.1) is 11.7 Å². The monoisotopic (exact) mass is 419 g/mol. The van der Waals surface area contributed by atoms with Crippen LogP contribution in [0.25, 0.3) is 0 Å². The van der Waals surface area contributed by atoms with E-state index in [9.17, 15) is 0 Å². The lowest BCUT2D eigenvalue weighted by Gasteiger charge is -2.39. The maximum Gasteiger partial charge on any atom is 0.199 e. The van der Waals surface area contributed by atoms with E-state index in [0.29, 0.717) is 12.1 Å². The Bertz CT molecular complexity index is 991. The van der Waals surface area contributed by atoms with Crippen molar-refractivity contribution in [2.45, 2.75) is 38.5 Å². The van der Waals surface area contributed by atoms with Gasteiger partial charge in [-0.1, -0.05) is 60.7 Å². The van der Waals surface area contributed by atoms with Gasteiger partial charge in [0, 0.05) is 32.2 Å². The van der Waals surface area contributed by atoms with E-state index in [1.165, 1.54) is 24.0 Å². The Balaban J connectivity index is 1.30. The summed E-state index contributed by atoms with van der Waals surface area (Å²) in [4.78, 5) is 5.08. The largest absolute Gasteiger partial charge is 0.301 e. The topological polar surface area (TPSA) is 29.2 Å². The third-order valence-electron chi connectivity index (χ3n) is 6.29. The zero-order valence-electron chi connectivity index (χ0n) is 17.5. The summed E-state index contributed by atoms with van der Waals surface area (Å²) in [6.07, 6.45) is 2.47. The Morgan fingerprint density at radius 2 is 1.47 bits per heavy atom. The molecule has 1 aliphatic carbocycles. The summed E-state index contributed by atoms with van der Waals surface area (Å²) in [5, 5.41) is 4.74. The molecule has 0 N–H and O–H groups in total. The predicted molar refractivity (Wildman–Crippen MR) is 122 cm³/mol. The van der Waals surface area contributed by atoms with Crippen molar-refractivity contribution in [2.24, 2.45) is 0 Å². The van der Waals surface area contributed by atoms with Crippen LogP contribution >= 0.6 is 12.2 Å². The number of aryl methyl sites for hydroxylation is 1. The predicted octanol–water partition coefficient (Wildman–Crippen LogP) is 4.42. The van der Waals surface area contributed by atoms with Gasteiger partial charge in [0.1, 0.15) is 5.82 Å². The van der Waals surface area contributed by atoms with Gasteiger partial charge in [0.05, 0.1) is 12.7 Å². The Kier molecular flexibility index (Phi) is 5.54. The summed E-state index contributed by atoms with van der Waals surface area (Å²) in [5.74, 6) is 1.05. The molecule has 0 bridgehead atoms. The molecule has 5 nitrogen and oxygen atoms in total. The minimum Gasteiger partial charge on any atom is -0.301 e. The third kappa shape index (κ3) is 4.00. The quantitative estimate of drug-likeness (QED) is 0.553. The van der Waals surface area contributed by atoms with Gasteiger partial charge in [-0.05, 0) is 43.1 Å². The highest BCUT2D eigenvalue weighted by molar-refractivity contribution is 7.71. The van der Waals surface area contributed by atoms with E-state index in [2.05, 4.69) is 82.0 Å². The Morgan fingerprint density at radius 3 is 2.00 bits per heavy atom. The highest BCUT2D eigenvalue weighted by atomic mass is 32.1. The van der Waals surface area contributed by atoms with Crippen LogP contribution in [0.3, 0.4) is 0 Å². The summed E-state index contributed by atoms with van der Waals surface area (Å²) in [6.45, 7) is 6.97. The molecule has 0 radical (unpaired) electrons. The van der Waals surface area contributed by atoms with Gasteiger partial charge in [0.2, 0.25) is 0 Å². The molecule has 2 heterocycles. The normalized spacial score (nSPS) is 18.2. The van der Waals surface area contributed by atoms with Gasteiger partial charge in [-0.15, -0.1) is 0 Å². The molecule has 1 aliphatic heterocycles. The lowest BCUT2D eigenvalue weighted by molar-refractivity contribution is 0.0842. The van der Waals surface area contributed by atoms with Gasteiger partial charge >= 0.3 is 0 Å². The first-order valence-corrected chi connectivity index (χ1v) is 11.3. The van der Waals surface area contributed by atoms with Crippen molar-refractivity contribution in [3.63, 3.8) is 0 Å². The smallest absolute Gasteiger partial charge is 0.199 e. The van der Waals surface area contributed by atoms with Crippen molar-refractivity contribution in [3.8, 4) is 0 Å². The second-order valence-corrected chi connectivity index (χ2v) is 8.81. The number of hydrogen-bond acceptors (Lipinski definition) is 4. The summed E-state index contributed by atoms with van der Waals surface area (Å²) in [5.41, 5.74) is 2.72. The number of benzene rings is 2. The molecule has 0 atom stereocenters. The van der Waals surface area contributed by atoms with E-state index >= 15 is 0 Å². The molecule has 0 amide bonds. The molecule has 1 saturated heterocycles. The number of piperazine rings is 1. The Hall–Kier alpha value is -2.28. The molecule has 30 heavy (non-hydrogen) atoms. The van der Waals surface area contributed by atoms with Gasteiger partial charge in [0.15, 0.2) is 4.77 Å². The fourth-order valence-corrected chi connectivity index (χ4v) is 4.99.